The minimum atomic E-state index is -1.41. The van der Waals surface area contributed by atoms with Gasteiger partial charge in [0.15, 0.2) is 0 Å². The lowest BCUT2D eigenvalue weighted by Gasteiger charge is -2.23. The summed E-state index contributed by atoms with van der Waals surface area (Å²) in [5.74, 6) is -2.18. The second-order valence-electron chi connectivity index (χ2n) is 8.14. The van der Waals surface area contributed by atoms with Gasteiger partial charge in [-0.05, 0) is 42.2 Å². The van der Waals surface area contributed by atoms with Crippen molar-refractivity contribution in [1.29, 1.82) is 0 Å². The lowest BCUT2D eigenvalue weighted by Crippen LogP contribution is -2.57. The summed E-state index contributed by atoms with van der Waals surface area (Å²) < 4.78 is 0. The van der Waals surface area contributed by atoms with E-state index < -0.39 is 35.9 Å². The van der Waals surface area contributed by atoms with Gasteiger partial charge in [-0.1, -0.05) is 43.3 Å². The molecule has 0 fully saturated rings. The molecule has 0 unspecified atom stereocenters. The van der Waals surface area contributed by atoms with Gasteiger partial charge in [0, 0.05) is 23.9 Å². The number of aromatic nitrogens is 2. The third kappa shape index (κ3) is 6.75. The van der Waals surface area contributed by atoms with Gasteiger partial charge in [0.2, 0.25) is 5.91 Å². The van der Waals surface area contributed by atoms with Crippen molar-refractivity contribution in [3.8, 4) is 11.1 Å². The smallest absolute Gasteiger partial charge is 0.268 e. The highest BCUT2D eigenvalue weighted by atomic mass is 16.5. The third-order valence-corrected chi connectivity index (χ3v) is 5.62. The number of aliphatic hydroxyl groups is 1. The Labute approximate surface area is 202 Å². The molecule has 0 aliphatic heterocycles. The van der Waals surface area contributed by atoms with Crippen LogP contribution in [0, 0.1) is 0 Å². The molecule has 3 amide bonds. The number of aromatic amines is 1. The summed E-state index contributed by atoms with van der Waals surface area (Å²) in [7, 11) is 0. The molecule has 0 aliphatic carbocycles. The number of benzene rings is 2. The Morgan fingerprint density at radius 2 is 1.60 bits per heavy atom. The summed E-state index contributed by atoms with van der Waals surface area (Å²) in [5, 5.41) is 23.8. The molecule has 35 heavy (non-hydrogen) atoms. The quantitative estimate of drug-likeness (QED) is 0.190. The van der Waals surface area contributed by atoms with Crippen molar-refractivity contribution in [3.05, 3.63) is 77.9 Å². The minimum absolute atomic E-state index is 0.0622. The number of amides is 3. The second kappa shape index (κ2) is 11.9. The number of aryl methyl sites for hydroxylation is 1. The van der Waals surface area contributed by atoms with Crippen LogP contribution in [0.25, 0.3) is 11.1 Å². The average molecular weight is 480 g/mol. The van der Waals surface area contributed by atoms with Gasteiger partial charge in [0.05, 0.1) is 12.4 Å². The summed E-state index contributed by atoms with van der Waals surface area (Å²) in [6.45, 7) is 3.38. The molecule has 0 aliphatic rings. The number of nitrogens with one attached hydrogen (secondary N) is 4. The zero-order valence-electron chi connectivity index (χ0n) is 19.5. The first kappa shape index (κ1) is 25.6. The fourth-order valence-electron chi connectivity index (χ4n) is 3.54. The zero-order chi connectivity index (χ0) is 25.4. The van der Waals surface area contributed by atoms with E-state index in [-0.39, 0.29) is 6.42 Å². The van der Waals surface area contributed by atoms with Gasteiger partial charge in [0.1, 0.15) is 12.1 Å². The Morgan fingerprint density at radius 1 is 0.971 bits per heavy atom. The van der Waals surface area contributed by atoms with E-state index in [2.05, 4.69) is 39.7 Å². The Balaban J connectivity index is 1.75. The monoisotopic (exact) mass is 479 g/mol. The van der Waals surface area contributed by atoms with Crippen LogP contribution in [0.2, 0.25) is 0 Å². The van der Waals surface area contributed by atoms with Crippen molar-refractivity contribution in [2.45, 2.75) is 44.9 Å². The second-order valence-corrected chi connectivity index (χ2v) is 8.14. The minimum Gasteiger partial charge on any atom is -0.391 e. The molecule has 0 spiro atoms. The van der Waals surface area contributed by atoms with Crippen LogP contribution in [0.1, 0.15) is 35.5 Å². The number of imidazole rings is 1. The Bertz CT molecular complexity index is 1130. The van der Waals surface area contributed by atoms with Gasteiger partial charge < -0.3 is 20.7 Å². The predicted molar refractivity (Wildman–Crippen MR) is 128 cm³/mol. The number of aliphatic hydroxyl groups excluding tert-OH is 1. The van der Waals surface area contributed by atoms with Crippen molar-refractivity contribution in [1.82, 2.24) is 26.1 Å². The maximum absolute atomic E-state index is 12.9. The molecule has 0 bridgehead atoms. The van der Waals surface area contributed by atoms with Crippen LogP contribution < -0.4 is 16.1 Å². The zero-order valence-corrected chi connectivity index (χ0v) is 19.5. The standard InChI is InChI=1S/C25H29N5O5/c1-3-16-4-6-17(7-5-16)18-8-10-19(11-9-18)23(32)28-21(12-20-13-26-14-27-20)24(33)29-22(15(2)31)25(34)30-35/h4-11,13-15,21-22,31,35H,3,12H2,1-2H3,(H,26,27)(H,28,32)(H,29,33)(H,30,34)/t15-,21+,22+/m1/s1. The number of carbonyl (C=O) groups excluding carboxylic acids is 3. The molecular weight excluding hydrogens is 450 g/mol. The van der Waals surface area contributed by atoms with Crippen LogP contribution in [-0.4, -0.2) is 56.2 Å². The Hall–Kier alpha value is -4.02. The van der Waals surface area contributed by atoms with Crippen molar-refractivity contribution in [2.24, 2.45) is 0 Å². The number of hydroxylamine groups is 1. The van der Waals surface area contributed by atoms with Crippen molar-refractivity contribution in [3.63, 3.8) is 0 Å². The first-order chi connectivity index (χ1) is 16.8. The summed E-state index contributed by atoms with van der Waals surface area (Å²) >= 11 is 0. The van der Waals surface area contributed by atoms with E-state index >= 15 is 0 Å². The van der Waals surface area contributed by atoms with Gasteiger partial charge in [-0.3, -0.25) is 19.6 Å². The summed E-state index contributed by atoms with van der Waals surface area (Å²) in [4.78, 5) is 44.5. The molecule has 0 radical (unpaired) electrons. The third-order valence-electron chi connectivity index (χ3n) is 5.62. The highest BCUT2D eigenvalue weighted by Crippen LogP contribution is 2.20. The van der Waals surface area contributed by atoms with Crippen LogP contribution in [0.4, 0.5) is 0 Å². The molecule has 3 rings (SSSR count). The molecule has 10 nitrogen and oxygen atoms in total. The van der Waals surface area contributed by atoms with E-state index in [1.807, 2.05) is 24.3 Å². The normalized spacial score (nSPS) is 13.4. The van der Waals surface area contributed by atoms with Crippen LogP contribution in [0.5, 0.6) is 0 Å². The van der Waals surface area contributed by atoms with Gasteiger partial charge in [0.25, 0.3) is 11.8 Å². The Morgan fingerprint density at radius 3 is 2.11 bits per heavy atom. The number of hydrogen-bond acceptors (Lipinski definition) is 6. The number of carbonyl (C=O) groups is 3. The predicted octanol–water partition coefficient (Wildman–Crippen LogP) is 1.35. The van der Waals surface area contributed by atoms with Crippen LogP contribution in [-0.2, 0) is 22.4 Å². The molecule has 184 valence electrons. The van der Waals surface area contributed by atoms with Crippen LogP contribution >= 0.6 is 0 Å². The van der Waals surface area contributed by atoms with Crippen LogP contribution in [0.3, 0.4) is 0 Å². The molecule has 3 atom stereocenters. The number of nitrogens with zero attached hydrogens (tertiary/aromatic N) is 1. The molecular formula is C25H29N5O5. The SMILES string of the molecule is CCc1ccc(-c2ccc(C(=O)N[C@@H](Cc3cnc[nH]3)C(=O)N[C@H](C(=O)NO)[C@@H](C)O)cc2)cc1. The average Bonchev–Trinajstić information content (AvgIpc) is 3.39. The van der Waals surface area contributed by atoms with Crippen molar-refractivity contribution in [2.75, 3.05) is 0 Å². The highest BCUT2D eigenvalue weighted by molar-refractivity contribution is 5.98. The van der Waals surface area contributed by atoms with E-state index in [0.717, 1.165) is 17.5 Å². The highest BCUT2D eigenvalue weighted by Gasteiger charge is 2.30. The summed E-state index contributed by atoms with van der Waals surface area (Å²) in [5.41, 5.74) is 5.55. The van der Waals surface area contributed by atoms with Gasteiger partial charge in [-0.15, -0.1) is 0 Å². The largest absolute Gasteiger partial charge is 0.391 e. The van der Waals surface area contributed by atoms with Crippen LogP contribution in [0.15, 0.2) is 61.1 Å². The maximum Gasteiger partial charge on any atom is 0.268 e. The molecule has 2 aromatic carbocycles. The van der Waals surface area contributed by atoms with E-state index in [4.69, 9.17) is 5.21 Å². The van der Waals surface area contributed by atoms with E-state index in [1.54, 1.807) is 12.1 Å². The maximum atomic E-state index is 12.9. The van der Waals surface area contributed by atoms with Gasteiger partial charge in [-0.2, -0.15) is 0 Å². The fraction of sp³-hybridized carbons (Fsp3) is 0.280. The lowest BCUT2D eigenvalue weighted by molar-refractivity contribution is -0.138. The summed E-state index contributed by atoms with van der Waals surface area (Å²) in [6.07, 6.45) is 2.68. The molecule has 1 heterocycles. The number of H-pyrrole nitrogens is 1. The first-order valence-corrected chi connectivity index (χ1v) is 11.2. The van der Waals surface area contributed by atoms with Crippen molar-refractivity contribution >= 4 is 17.7 Å². The van der Waals surface area contributed by atoms with E-state index in [1.165, 1.54) is 30.5 Å². The Kier molecular flexibility index (Phi) is 8.71. The molecule has 0 saturated carbocycles. The van der Waals surface area contributed by atoms with Gasteiger partial charge in [-0.25, -0.2) is 10.5 Å². The summed E-state index contributed by atoms with van der Waals surface area (Å²) in [6, 6.07) is 12.7. The molecule has 3 aromatic rings. The topological polar surface area (TPSA) is 156 Å². The first-order valence-electron chi connectivity index (χ1n) is 11.2. The number of hydrogen-bond donors (Lipinski definition) is 6. The molecule has 0 saturated heterocycles. The van der Waals surface area contributed by atoms with Gasteiger partial charge >= 0.3 is 0 Å². The molecule has 10 heteroatoms. The van der Waals surface area contributed by atoms with E-state index in [9.17, 15) is 19.5 Å². The molecule has 6 N–H and O–H groups in total. The number of rotatable bonds is 10. The fourth-order valence-corrected chi connectivity index (χ4v) is 3.54. The lowest BCUT2D eigenvalue weighted by atomic mass is 10.0. The van der Waals surface area contributed by atoms with E-state index in [0.29, 0.717) is 11.3 Å². The van der Waals surface area contributed by atoms with Crippen molar-refractivity contribution < 1.29 is 24.7 Å². The molecule has 1 aromatic heterocycles.